The molecule has 0 saturated heterocycles. The number of benzene rings is 2. The first kappa shape index (κ1) is 10.6. The van der Waals surface area contributed by atoms with Gasteiger partial charge in [-0.3, -0.25) is 0 Å². The third-order valence-corrected chi connectivity index (χ3v) is 4.45. The number of nitrogen functional groups attached to an aromatic ring is 1. The van der Waals surface area contributed by atoms with E-state index in [4.69, 9.17) is 17.3 Å². The first-order chi connectivity index (χ1) is 7.25. The van der Waals surface area contributed by atoms with Crippen molar-refractivity contribution in [3.05, 3.63) is 53.6 Å². The van der Waals surface area contributed by atoms with Crippen molar-refractivity contribution in [3.8, 4) is 0 Å². The minimum absolute atomic E-state index is 0.232. The standard InChI is InChI=1S/C12H10ClNSe/c13-9-6-7-11(14)12(8-9)15-10-4-2-1-3-5-10/h1-8H,14H2. The summed E-state index contributed by atoms with van der Waals surface area (Å²) in [5.41, 5.74) is 6.72. The van der Waals surface area contributed by atoms with Crippen molar-refractivity contribution in [3.63, 3.8) is 0 Å². The molecule has 0 aliphatic heterocycles. The Hall–Kier alpha value is -0.951. The molecule has 0 unspecified atom stereocenters. The fraction of sp³-hybridized carbons (Fsp3) is 0. The minimum atomic E-state index is 0.232. The van der Waals surface area contributed by atoms with Crippen LogP contribution in [0.2, 0.25) is 5.02 Å². The zero-order valence-corrected chi connectivity index (χ0v) is 10.5. The van der Waals surface area contributed by atoms with Crippen molar-refractivity contribution < 1.29 is 0 Å². The molecule has 2 aromatic carbocycles. The van der Waals surface area contributed by atoms with Crippen molar-refractivity contribution in [2.45, 2.75) is 0 Å². The van der Waals surface area contributed by atoms with Gasteiger partial charge in [0.25, 0.3) is 0 Å². The van der Waals surface area contributed by atoms with Crippen molar-refractivity contribution >= 4 is 41.2 Å². The van der Waals surface area contributed by atoms with E-state index in [0.29, 0.717) is 0 Å². The van der Waals surface area contributed by atoms with Gasteiger partial charge in [0, 0.05) is 0 Å². The van der Waals surface area contributed by atoms with Gasteiger partial charge in [-0.25, -0.2) is 0 Å². The van der Waals surface area contributed by atoms with E-state index >= 15 is 0 Å². The molecule has 0 atom stereocenters. The van der Waals surface area contributed by atoms with Crippen molar-refractivity contribution in [2.75, 3.05) is 5.73 Å². The second-order valence-corrected chi connectivity index (χ2v) is 5.87. The summed E-state index contributed by atoms with van der Waals surface area (Å²) in [5, 5.41) is 0.747. The fourth-order valence-electron chi connectivity index (χ4n) is 1.21. The van der Waals surface area contributed by atoms with Crippen LogP contribution in [0.5, 0.6) is 0 Å². The Morgan fingerprint density at radius 1 is 1.00 bits per heavy atom. The first-order valence-electron chi connectivity index (χ1n) is 4.53. The quantitative estimate of drug-likeness (QED) is 0.657. The van der Waals surface area contributed by atoms with E-state index in [-0.39, 0.29) is 15.0 Å². The molecule has 0 amide bonds. The number of nitrogens with two attached hydrogens (primary N) is 1. The summed E-state index contributed by atoms with van der Waals surface area (Å²) in [6.45, 7) is 0. The van der Waals surface area contributed by atoms with Crippen LogP contribution in [-0.2, 0) is 0 Å². The summed E-state index contributed by atoms with van der Waals surface area (Å²) in [5.74, 6) is 0. The van der Waals surface area contributed by atoms with Gasteiger partial charge in [0.1, 0.15) is 0 Å². The second kappa shape index (κ2) is 4.71. The Morgan fingerprint density at radius 2 is 1.73 bits per heavy atom. The van der Waals surface area contributed by atoms with E-state index in [1.807, 2.05) is 36.4 Å². The molecule has 0 spiro atoms. The molecule has 1 nitrogen and oxygen atoms in total. The number of halogens is 1. The van der Waals surface area contributed by atoms with Crippen LogP contribution in [0, 0.1) is 0 Å². The molecule has 2 aromatic rings. The topological polar surface area (TPSA) is 26.0 Å². The molecule has 0 bridgehead atoms. The molecule has 0 aromatic heterocycles. The van der Waals surface area contributed by atoms with Crippen LogP contribution in [0.1, 0.15) is 0 Å². The van der Waals surface area contributed by atoms with Gasteiger partial charge >= 0.3 is 100 Å². The van der Waals surface area contributed by atoms with E-state index in [1.54, 1.807) is 0 Å². The van der Waals surface area contributed by atoms with Crippen LogP contribution in [0.15, 0.2) is 48.5 Å². The Kier molecular flexibility index (Phi) is 3.32. The van der Waals surface area contributed by atoms with E-state index in [0.717, 1.165) is 15.2 Å². The van der Waals surface area contributed by atoms with Crippen molar-refractivity contribution in [1.29, 1.82) is 0 Å². The fourth-order valence-corrected chi connectivity index (χ4v) is 3.46. The first-order valence-corrected chi connectivity index (χ1v) is 6.63. The van der Waals surface area contributed by atoms with Gasteiger partial charge in [-0.2, -0.15) is 0 Å². The molecule has 0 saturated carbocycles. The zero-order valence-electron chi connectivity index (χ0n) is 7.98. The van der Waals surface area contributed by atoms with Crippen LogP contribution in [0.25, 0.3) is 0 Å². The molecule has 76 valence electrons. The summed E-state index contributed by atoms with van der Waals surface area (Å²) < 4.78 is 2.44. The van der Waals surface area contributed by atoms with Gasteiger partial charge < -0.3 is 0 Å². The molecule has 2 N–H and O–H groups in total. The monoisotopic (exact) mass is 283 g/mol. The predicted octanol–water partition coefficient (Wildman–Crippen LogP) is 1.58. The van der Waals surface area contributed by atoms with Crippen molar-refractivity contribution in [2.24, 2.45) is 0 Å². The molecule has 0 fully saturated rings. The average molecular weight is 283 g/mol. The van der Waals surface area contributed by atoms with E-state index in [2.05, 4.69) is 12.1 Å². The van der Waals surface area contributed by atoms with Gasteiger partial charge in [-0.1, -0.05) is 0 Å². The van der Waals surface area contributed by atoms with Crippen molar-refractivity contribution in [1.82, 2.24) is 0 Å². The zero-order chi connectivity index (χ0) is 10.7. The molecule has 15 heavy (non-hydrogen) atoms. The normalized spacial score (nSPS) is 10.2. The number of hydrogen-bond donors (Lipinski definition) is 1. The van der Waals surface area contributed by atoms with Crippen LogP contribution in [0.4, 0.5) is 5.69 Å². The molecule has 0 aliphatic rings. The summed E-state index contributed by atoms with van der Waals surface area (Å²) >= 11 is 6.17. The summed E-state index contributed by atoms with van der Waals surface area (Å²) in [6, 6.07) is 15.9. The molecular weight excluding hydrogens is 273 g/mol. The third kappa shape index (κ3) is 2.75. The maximum atomic E-state index is 5.94. The van der Waals surface area contributed by atoms with Gasteiger partial charge in [-0.05, 0) is 0 Å². The Morgan fingerprint density at radius 3 is 2.47 bits per heavy atom. The summed E-state index contributed by atoms with van der Waals surface area (Å²) in [4.78, 5) is 0. The van der Waals surface area contributed by atoms with Crippen LogP contribution in [0.3, 0.4) is 0 Å². The number of anilines is 1. The Bertz CT molecular complexity index is 456. The van der Waals surface area contributed by atoms with Gasteiger partial charge in [0.15, 0.2) is 0 Å². The van der Waals surface area contributed by atoms with Gasteiger partial charge in [0.2, 0.25) is 0 Å². The van der Waals surface area contributed by atoms with E-state index < -0.39 is 0 Å². The molecule has 0 heterocycles. The second-order valence-electron chi connectivity index (χ2n) is 3.10. The van der Waals surface area contributed by atoms with E-state index in [9.17, 15) is 0 Å². The molecule has 2 rings (SSSR count). The Balaban J connectivity index is 2.28. The number of hydrogen-bond acceptors (Lipinski definition) is 1. The molecule has 0 aliphatic carbocycles. The molecule has 0 radical (unpaired) electrons. The Labute approximate surface area is 100 Å². The summed E-state index contributed by atoms with van der Waals surface area (Å²) in [7, 11) is 0. The number of rotatable bonds is 2. The summed E-state index contributed by atoms with van der Waals surface area (Å²) in [6.07, 6.45) is 0. The van der Waals surface area contributed by atoms with E-state index in [1.165, 1.54) is 4.46 Å². The molecule has 3 heteroatoms. The van der Waals surface area contributed by atoms with Gasteiger partial charge in [-0.15, -0.1) is 0 Å². The van der Waals surface area contributed by atoms with Crippen LogP contribution in [-0.4, -0.2) is 15.0 Å². The maximum absolute atomic E-state index is 5.94. The predicted molar refractivity (Wildman–Crippen MR) is 67.3 cm³/mol. The molecular formula is C12H10ClNSe. The van der Waals surface area contributed by atoms with Gasteiger partial charge in [0.05, 0.1) is 0 Å². The average Bonchev–Trinajstić information content (AvgIpc) is 2.25. The van der Waals surface area contributed by atoms with Crippen LogP contribution < -0.4 is 14.7 Å². The van der Waals surface area contributed by atoms with Crippen LogP contribution >= 0.6 is 11.6 Å². The SMILES string of the molecule is Nc1ccc(Cl)cc1[Se]c1ccccc1. The third-order valence-electron chi connectivity index (χ3n) is 1.95.